The topological polar surface area (TPSA) is 9.23 Å². The lowest BCUT2D eigenvalue weighted by Gasteiger charge is -2.25. The highest BCUT2D eigenvalue weighted by atomic mass is 19.2. The van der Waals surface area contributed by atoms with Gasteiger partial charge in [0.1, 0.15) is 0 Å². The van der Waals surface area contributed by atoms with Crippen LogP contribution in [-0.2, 0) is 0 Å². The quantitative estimate of drug-likeness (QED) is 0.663. The zero-order valence-electron chi connectivity index (χ0n) is 9.56. The fraction of sp³-hybridized carbons (Fsp3) is 0.143. The summed E-state index contributed by atoms with van der Waals surface area (Å²) < 4.78 is 46.0. The van der Waals surface area contributed by atoms with Crippen LogP contribution in [0.5, 0.6) is 5.75 Å². The molecule has 1 aliphatic carbocycles. The van der Waals surface area contributed by atoms with Crippen LogP contribution in [0.1, 0.15) is 6.92 Å². The molecule has 0 saturated carbocycles. The van der Waals surface area contributed by atoms with Crippen LogP contribution >= 0.6 is 0 Å². The van der Waals surface area contributed by atoms with E-state index in [1.165, 1.54) is 12.1 Å². The molecule has 0 aliphatic heterocycles. The largest absolute Gasteiger partial charge is 0.491 e. The van der Waals surface area contributed by atoms with Crippen LogP contribution in [0.2, 0.25) is 0 Å². The first kappa shape index (κ1) is 11.1. The van der Waals surface area contributed by atoms with Gasteiger partial charge < -0.3 is 4.74 Å². The Morgan fingerprint density at radius 2 is 1.50 bits per heavy atom. The molecule has 18 heavy (non-hydrogen) atoms. The van der Waals surface area contributed by atoms with Crippen LogP contribution in [-0.4, -0.2) is 6.61 Å². The molecule has 4 heteroatoms. The van der Waals surface area contributed by atoms with Crippen LogP contribution in [0.3, 0.4) is 0 Å². The predicted octanol–water partition coefficient (Wildman–Crippen LogP) is 4.15. The molecule has 0 amide bonds. The maximum Gasteiger partial charge on any atom is 0.173 e. The lowest BCUT2D eigenvalue weighted by atomic mass is 9.79. The van der Waals surface area contributed by atoms with E-state index in [9.17, 15) is 13.2 Å². The van der Waals surface area contributed by atoms with Crippen molar-refractivity contribution in [3.8, 4) is 28.0 Å². The number of rotatable bonds is 2. The summed E-state index contributed by atoms with van der Waals surface area (Å²) in [7, 11) is 0. The normalized spacial score (nSPS) is 11.6. The Kier molecular flexibility index (Phi) is 2.33. The summed E-state index contributed by atoms with van der Waals surface area (Å²) in [5.74, 6) is -2.55. The Hall–Kier alpha value is -1.97. The first-order chi connectivity index (χ1) is 8.65. The van der Waals surface area contributed by atoms with Gasteiger partial charge in [-0.05, 0) is 36.2 Å². The number of fused-ring (bicyclic) bond motifs is 4. The average Bonchev–Trinajstić information content (AvgIpc) is 2.32. The van der Waals surface area contributed by atoms with Crippen molar-refractivity contribution in [3.63, 3.8) is 0 Å². The molecule has 1 nitrogen and oxygen atoms in total. The molecule has 2 aromatic carbocycles. The molecule has 0 heterocycles. The van der Waals surface area contributed by atoms with Crippen LogP contribution in [0.15, 0.2) is 24.3 Å². The molecule has 0 spiro atoms. The van der Waals surface area contributed by atoms with Gasteiger partial charge in [-0.15, -0.1) is 0 Å². The summed E-state index contributed by atoms with van der Waals surface area (Å²) in [6.45, 7) is 2.04. The highest BCUT2D eigenvalue weighted by molar-refractivity contribution is 6.03. The maximum atomic E-state index is 14.1. The van der Waals surface area contributed by atoms with Crippen LogP contribution < -0.4 is 4.74 Å². The average molecular weight is 250 g/mol. The summed E-state index contributed by atoms with van der Waals surface area (Å²) in [6, 6.07) is 5.66. The summed E-state index contributed by atoms with van der Waals surface area (Å²) in [5.41, 5.74) is 1.23. The highest BCUT2D eigenvalue weighted by Gasteiger charge is 2.32. The van der Waals surface area contributed by atoms with E-state index in [1.54, 1.807) is 13.0 Å². The smallest absolute Gasteiger partial charge is 0.173 e. The van der Waals surface area contributed by atoms with Crippen LogP contribution in [0.25, 0.3) is 22.3 Å². The van der Waals surface area contributed by atoms with Crippen molar-refractivity contribution in [2.75, 3.05) is 6.61 Å². The molecule has 0 radical (unpaired) electrons. The Labute approximate surface area is 102 Å². The molecule has 0 fully saturated rings. The first-order valence-electron chi connectivity index (χ1n) is 5.59. The molecule has 92 valence electrons. The van der Waals surface area contributed by atoms with Gasteiger partial charge in [-0.3, -0.25) is 0 Å². The molecule has 0 aromatic heterocycles. The van der Waals surface area contributed by atoms with E-state index in [2.05, 4.69) is 0 Å². The minimum Gasteiger partial charge on any atom is -0.491 e. The molecular formula is C14H9F3O. The summed E-state index contributed by atoms with van der Waals surface area (Å²) in [5, 5.41) is 0. The minimum absolute atomic E-state index is 0.00375. The highest BCUT2D eigenvalue weighted by Crippen LogP contribution is 2.51. The lowest BCUT2D eigenvalue weighted by molar-refractivity contribution is 0.322. The number of hydrogen-bond donors (Lipinski definition) is 0. The zero-order chi connectivity index (χ0) is 12.9. The molecule has 0 unspecified atom stereocenters. The molecular weight excluding hydrogens is 241 g/mol. The van der Waals surface area contributed by atoms with Gasteiger partial charge in [-0.1, -0.05) is 6.07 Å². The standard InChI is InChI=1S/C14H9F3O/c1-2-18-10-6-4-8-7-3-5-9(15)13(16)11(7)12(8)14(10)17/h3-6H,2H2,1H3. The predicted molar refractivity (Wildman–Crippen MR) is 61.9 cm³/mol. The van der Waals surface area contributed by atoms with Gasteiger partial charge in [0.2, 0.25) is 0 Å². The van der Waals surface area contributed by atoms with Crippen molar-refractivity contribution in [2.24, 2.45) is 0 Å². The van der Waals surface area contributed by atoms with E-state index in [4.69, 9.17) is 4.74 Å². The van der Waals surface area contributed by atoms with Gasteiger partial charge in [0.05, 0.1) is 6.61 Å². The SMILES string of the molecule is CCOc1ccc2c(c1F)-c1c-2ccc(F)c1F. The zero-order valence-corrected chi connectivity index (χ0v) is 9.56. The summed E-state index contributed by atoms with van der Waals surface area (Å²) >= 11 is 0. The van der Waals surface area contributed by atoms with E-state index >= 15 is 0 Å². The first-order valence-corrected chi connectivity index (χ1v) is 5.59. The second kappa shape index (κ2) is 3.77. The second-order valence-corrected chi connectivity index (χ2v) is 4.02. The van der Waals surface area contributed by atoms with Gasteiger partial charge in [0.25, 0.3) is 0 Å². The maximum absolute atomic E-state index is 14.1. The van der Waals surface area contributed by atoms with Crippen molar-refractivity contribution in [1.29, 1.82) is 0 Å². The molecule has 0 bridgehead atoms. The van der Waals surface area contributed by atoms with Gasteiger partial charge in [-0.25, -0.2) is 13.2 Å². The van der Waals surface area contributed by atoms with E-state index in [0.717, 1.165) is 6.07 Å². The van der Waals surface area contributed by atoms with Gasteiger partial charge in [-0.2, -0.15) is 0 Å². The van der Waals surface area contributed by atoms with Crippen LogP contribution in [0, 0.1) is 17.5 Å². The molecule has 0 atom stereocenters. The molecule has 0 saturated heterocycles. The lowest BCUT2D eigenvalue weighted by Crippen LogP contribution is -2.08. The molecule has 2 aromatic rings. The Bertz CT molecular complexity index is 650. The number of halogens is 3. The summed E-state index contributed by atoms with van der Waals surface area (Å²) in [4.78, 5) is 0. The van der Waals surface area contributed by atoms with Crippen molar-refractivity contribution in [2.45, 2.75) is 6.92 Å². The van der Waals surface area contributed by atoms with Crippen molar-refractivity contribution in [1.82, 2.24) is 0 Å². The van der Waals surface area contributed by atoms with Crippen LogP contribution in [0.4, 0.5) is 13.2 Å². The molecule has 0 N–H and O–H groups in total. The Morgan fingerprint density at radius 3 is 2.17 bits per heavy atom. The molecule has 1 aliphatic rings. The number of ether oxygens (including phenoxy) is 1. The fourth-order valence-electron chi connectivity index (χ4n) is 2.25. The minimum atomic E-state index is -1.01. The van der Waals surface area contributed by atoms with E-state index in [1.807, 2.05) is 0 Å². The van der Waals surface area contributed by atoms with Gasteiger partial charge in [0, 0.05) is 11.1 Å². The Morgan fingerprint density at radius 1 is 0.889 bits per heavy atom. The third kappa shape index (κ3) is 1.29. The second-order valence-electron chi connectivity index (χ2n) is 4.02. The Balaban J connectivity index is 2.21. The van der Waals surface area contributed by atoms with E-state index < -0.39 is 17.5 Å². The van der Waals surface area contributed by atoms with E-state index in [-0.39, 0.29) is 16.9 Å². The monoisotopic (exact) mass is 250 g/mol. The number of benzene rings is 2. The van der Waals surface area contributed by atoms with Crippen molar-refractivity contribution < 1.29 is 17.9 Å². The third-order valence-electron chi connectivity index (χ3n) is 3.04. The molecule has 3 rings (SSSR count). The summed E-state index contributed by atoms with van der Waals surface area (Å²) in [6.07, 6.45) is 0. The van der Waals surface area contributed by atoms with Crippen molar-refractivity contribution >= 4 is 0 Å². The van der Waals surface area contributed by atoms with Crippen molar-refractivity contribution in [3.05, 3.63) is 41.7 Å². The third-order valence-corrected chi connectivity index (χ3v) is 3.04. The van der Waals surface area contributed by atoms with Gasteiger partial charge >= 0.3 is 0 Å². The van der Waals surface area contributed by atoms with E-state index in [0.29, 0.717) is 17.7 Å². The number of hydrogen-bond acceptors (Lipinski definition) is 1. The van der Waals surface area contributed by atoms with Gasteiger partial charge in [0.15, 0.2) is 23.2 Å². The fourth-order valence-corrected chi connectivity index (χ4v) is 2.25.